The lowest BCUT2D eigenvalue weighted by molar-refractivity contribution is 0.119. The Hall–Kier alpha value is -0.390. The molecule has 4 nitrogen and oxygen atoms in total. The van der Waals surface area contributed by atoms with E-state index in [9.17, 15) is 0 Å². The Morgan fingerprint density at radius 2 is 1.89 bits per heavy atom. The molecule has 1 aromatic rings. The monoisotopic (exact) mass is 312 g/mol. The first-order chi connectivity index (χ1) is 8.65. The highest BCUT2D eigenvalue weighted by Crippen LogP contribution is 2.28. The van der Waals surface area contributed by atoms with Gasteiger partial charge in [-0.15, -0.1) is 0 Å². The van der Waals surface area contributed by atoms with E-state index in [1.165, 1.54) is 49.2 Å². The third-order valence-electron chi connectivity index (χ3n) is 4.11. The summed E-state index contributed by atoms with van der Waals surface area (Å²) >= 11 is 3.65. The quantitative estimate of drug-likeness (QED) is 0.850. The van der Waals surface area contributed by atoms with Gasteiger partial charge in [-0.1, -0.05) is 0 Å². The molecule has 0 N–H and O–H groups in total. The van der Waals surface area contributed by atoms with Crippen LogP contribution in [-0.2, 0) is 13.6 Å². The van der Waals surface area contributed by atoms with E-state index in [1.54, 1.807) is 0 Å². The minimum Gasteiger partial charge on any atom is -0.298 e. The second-order valence-corrected chi connectivity index (χ2v) is 6.31. The van der Waals surface area contributed by atoms with Crippen LogP contribution in [0.15, 0.2) is 4.47 Å². The van der Waals surface area contributed by atoms with Crippen molar-refractivity contribution < 1.29 is 0 Å². The molecule has 1 aliphatic heterocycles. The molecule has 5 heteroatoms. The summed E-state index contributed by atoms with van der Waals surface area (Å²) in [6, 6.07) is 0.915. The average Bonchev–Trinajstić information content (AvgIpc) is 3.16. The summed E-state index contributed by atoms with van der Waals surface area (Å²) in [6.45, 7) is 7.91. The Morgan fingerprint density at radius 3 is 2.39 bits per heavy atom. The van der Waals surface area contributed by atoms with Gasteiger partial charge in [-0.3, -0.25) is 14.5 Å². The molecule has 0 unspecified atom stereocenters. The Kier molecular flexibility index (Phi) is 3.47. The topological polar surface area (TPSA) is 24.3 Å². The van der Waals surface area contributed by atoms with Gasteiger partial charge in [0.15, 0.2) is 0 Å². The molecule has 1 saturated heterocycles. The van der Waals surface area contributed by atoms with Crippen molar-refractivity contribution >= 4 is 15.9 Å². The highest BCUT2D eigenvalue weighted by atomic mass is 79.9. The number of rotatable bonds is 3. The second kappa shape index (κ2) is 4.94. The van der Waals surface area contributed by atoms with Gasteiger partial charge < -0.3 is 0 Å². The molecule has 18 heavy (non-hydrogen) atoms. The van der Waals surface area contributed by atoms with Crippen molar-refractivity contribution in [2.45, 2.75) is 32.4 Å². The first-order valence-corrected chi connectivity index (χ1v) is 7.59. The van der Waals surface area contributed by atoms with Crippen molar-refractivity contribution in [2.75, 3.05) is 26.2 Å². The summed E-state index contributed by atoms with van der Waals surface area (Å²) in [7, 11) is 2.04. The molecule has 0 aromatic carbocycles. The Balaban J connectivity index is 1.60. The van der Waals surface area contributed by atoms with Gasteiger partial charge in [-0.05, 0) is 35.7 Å². The summed E-state index contributed by atoms with van der Waals surface area (Å²) in [5, 5.41) is 4.46. The van der Waals surface area contributed by atoms with Crippen LogP contribution in [0.3, 0.4) is 0 Å². The maximum atomic E-state index is 4.46. The standard InChI is InChI=1S/C13H21BrN4/c1-10-13(14)12(16(2)15-10)9-17-5-7-18(8-6-17)11-3-4-11/h11H,3-9H2,1-2H3. The third kappa shape index (κ3) is 2.49. The fourth-order valence-corrected chi connectivity index (χ4v) is 3.25. The lowest BCUT2D eigenvalue weighted by atomic mass is 10.2. The fraction of sp³-hybridized carbons (Fsp3) is 0.769. The zero-order valence-electron chi connectivity index (χ0n) is 11.2. The van der Waals surface area contributed by atoms with Gasteiger partial charge >= 0.3 is 0 Å². The van der Waals surface area contributed by atoms with Crippen LogP contribution < -0.4 is 0 Å². The Bertz CT molecular complexity index is 430. The molecular formula is C13H21BrN4. The molecule has 2 fully saturated rings. The number of piperazine rings is 1. The normalized spacial score (nSPS) is 22.6. The molecule has 0 bridgehead atoms. The van der Waals surface area contributed by atoms with Crippen LogP contribution >= 0.6 is 15.9 Å². The van der Waals surface area contributed by atoms with E-state index < -0.39 is 0 Å². The van der Waals surface area contributed by atoms with Gasteiger partial charge in [-0.25, -0.2) is 0 Å². The summed E-state index contributed by atoms with van der Waals surface area (Å²) < 4.78 is 3.18. The van der Waals surface area contributed by atoms with E-state index in [4.69, 9.17) is 0 Å². The first kappa shape index (κ1) is 12.6. The van der Waals surface area contributed by atoms with Crippen molar-refractivity contribution in [1.29, 1.82) is 0 Å². The number of nitrogens with zero attached hydrogens (tertiary/aromatic N) is 4. The number of hydrogen-bond donors (Lipinski definition) is 0. The van der Waals surface area contributed by atoms with Crippen LogP contribution in [0.1, 0.15) is 24.2 Å². The van der Waals surface area contributed by atoms with Gasteiger partial charge in [0.05, 0.1) is 15.9 Å². The lowest BCUT2D eigenvalue weighted by Gasteiger charge is -2.34. The summed E-state index contributed by atoms with van der Waals surface area (Å²) in [5.41, 5.74) is 2.39. The Labute approximate surface area is 117 Å². The maximum absolute atomic E-state index is 4.46. The minimum absolute atomic E-state index is 0.915. The number of aryl methyl sites for hydroxylation is 2. The molecule has 100 valence electrons. The van der Waals surface area contributed by atoms with E-state index in [0.717, 1.165) is 18.3 Å². The zero-order chi connectivity index (χ0) is 12.7. The zero-order valence-corrected chi connectivity index (χ0v) is 12.8. The number of halogens is 1. The molecule has 1 saturated carbocycles. The van der Waals surface area contributed by atoms with Crippen LogP contribution in [0, 0.1) is 6.92 Å². The largest absolute Gasteiger partial charge is 0.298 e. The minimum atomic E-state index is 0.915. The van der Waals surface area contributed by atoms with Gasteiger partial charge in [-0.2, -0.15) is 5.10 Å². The maximum Gasteiger partial charge on any atom is 0.0739 e. The Morgan fingerprint density at radius 1 is 1.22 bits per heavy atom. The van der Waals surface area contributed by atoms with Gasteiger partial charge in [0.25, 0.3) is 0 Å². The highest BCUT2D eigenvalue weighted by Gasteiger charge is 2.31. The van der Waals surface area contributed by atoms with E-state index in [-0.39, 0.29) is 0 Å². The third-order valence-corrected chi connectivity index (χ3v) is 5.14. The molecule has 3 rings (SSSR count). The molecule has 2 aliphatic rings. The van der Waals surface area contributed by atoms with Gasteiger partial charge in [0, 0.05) is 45.8 Å². The number of hydrogen-bond acceptors (Lipinski definition) is 3. The second-order valence-electron chi connectivity index (χ2n) is 5.51. The van der Waals surface area contributed by atoms with Crippen LogP contribution in [-0.4, -0.2) is 51.8 Å². The van der Waals surface area contributed by atoms with Crippen molar-refractivity contribution in [3.63, 3.8) is 0 Å². The van der Waals surface area contributed by atoms with Crippen LogP contribution in [0.2, 0.25) is 0 Å². The summed E-state index contributed by atoms with van der Waals surface area (Å²) in [4.78, 5) is 5.19. The van der Waals surface area contributed by atoms with Crippen LogP contribution in [0.4, 0.5) is 0 Å². The molecule has 0 radical (unpaired) electrons. The van der Waals surface area contributed by atoms with E-state index >= 15 is 0 Å². The predicted molar refractivity (Wildman–Crippen MR) is 75.5 cm³/mol. The van der Waals surface area contributed by atoms with E-state index in [2.05, 4.69) is 37.8 Å². The van der Waals surface area contributed by atoms with Crippen molar-refractivity contribution in [2.24, 2.45) is 7.05 Å². The molecule has 1 aliphatic carbocycles. The molecule has 2 heterocycles. The highest BCUT2D eigenvalue weighted by molar-refractivity contribution is 9.10. The van der Waals surface area contributed by atoms with Crippen LogP contribution in [0.5, 0.6) is 0 Å². The average molecular weight is 313 g/mol. The first-order valence-electron chi connectivity index (χ1n) is 6.79. The van der Waals surface area contributed by atoms with Gasteiger partial charge in [0.1, 0.15) is 0 Å². The summed E-state index contributed by atoms with van der Waals surface area (Å²) in [6.07, 6.45) is 2.85. The number of aromatic nitrogens is 2. The summed E-state index contributed by atoms with van der Waals surface area (Å²) in [5.74, 6) is 0. The SMILES string of the molecule is Cc1nn(C)c(CN2CCN(C3CC3)CC2)c1Br. The molecule has 0 spiro atoms. The molecular weight excluding hydrogens is 292 g/mol. The van der Waals surface area contributed by atoms with Crippen molar-refractivity contribution in [1.82, 2.24) is 19.6 Å². The molecule has 0 amide bonds. The van der Waals surface area contributed by atoms with E-state index in [0.29, 0.717) is 0 Å². The molecule has 1 aromatic heterocycles. The van der Waals surface area contributed by atoms with Crippen molar-refractivity contribution in [3.05, 3.63) is 15.9 Å². The molecule has 0 atom stereocenters. The smallest absolute Gasteiger partial charge is 0.0739 e. The predicted octanol–water partition coefficient (Wildman–Crippen LogP) is 1.77. The lowest BCUT2D eigenvalue weighted by Crippen LogP contribution is -2.46. The van der Waals surface area contributed by atoms with Crippen molar-refractivity contribution in [3.8, 4) is 0 Å². The van der Waals surface area contributed by atoms with Gasteiger partial charge in [0.2, 0.25) is 0 Å². The van der Waals surface area contributed by atoms with Crippen LogP contribution in [0.25, 0.3) is 0 Å². The van der Waals surface area contributed by atoms with E-state index in [1.807, 2.05) is 11.7 Å². The fourth-order valence-electron chi connectivity index (χ4n) is 2.79.